The highest BCUT2D eigenvalue weighted by molar-refractivity contribution is 6.74. The summed E-state index contributed by atoms with van der Waals surface area (Å²) in [4.78, 5) is 11.3. The molecule has 3 nitrogen and oxygen atoms in total. The van der Waals surface area contributed by atoms with Gasteiger partial charge in [-0.3, -0.25) is 0 Å². The molecule has 0 N–H and O–H groups in total. The third kappa shape index (κ3) is 9.07. The highest BCUT2D eigenvalue weighted by atomic mass is 28.4. The van der Waals surface area contributed by atoms with Gasteiger partial charge in [0, 0.05) is 6.42 Å². The van der Waals surface area contributed by atoms with Crippen LogP contribution in [-0.4, -0.2) is 35.1 Å². The Balaban J connectivity index is 1.90. The van der Waals surface area contributed by atoms with Crippen molar-refractivity contribution in [2.75, 3.05) is 0 Å². The molecule has 0 aromatic heterocycles. The summed E-state index contributed by atoms with van der Waals surface area (Å²) >= 11 is 0. The molecule has 0 spiro atoms. The van der Waals surface area contributed by atoms with Crippen molar-refractivity contribution in [2.24, 2.45) is 29.1 Å². The van der Waals surface area contributed by atoms with Crippen molar-refractivity contribution in [3.8, 4) is 0 Å². The number of rotatable bonds is 13. The van der Waals surface area contributed by atoms with E-state index in [9.17, 15) is 4.79 Å². The van der Waals surface area contributed by atoms with Crippen LogP contribution in [0.5, 0.6) is 0 Å². The molecule has 264 valence electrons. The van der Waals surface area contributed by atoms with Crippen molar-refractivity contribution in [2.45, 2.75) is 188 Å². The Morgan fingerprint density at radius 3 is 2.00 bits per heavy atom. The molecule has 3 aliphatic rings. The SMILES string of the molecule is C=C1[C@H](O[Si](C)(C)C(C)(C)C)CC(=C/C=C2\CCC[C@]3(C)[C@@H]([C@H](C)[C@H](CCC=O)CCCC)CC[C@@H]23)C[C@H]1O[Si](C)(C)C(C)(C)C. The van der Waals surface area contributed by atoms with Gasteiger partial charge >= 0.3 is 0 Å². The number of carbonyl (C=O) groups is 1. The first-order chi connectivity index (χ1) is 21.2. The molecular formula is C41H74O3Si2. The predicted molar refractivity (Wildman–Crippen MR) is 204 cm³/mol. The van der Waals surface area contributed by atoms with Crippen molar-refractivity contribution < 1.29 is 13.6 Å². The maximum atomic E-state index is 11.3. The Morgan fingerprint density at radius 2 is 1.50 bits per heavy atom. The van der Waals surface area contributed by atoms with Gasteiger partial charge in [0.2, 0.25) is 0 Å². The van der Waals surface area contributed by atoms with Gasteiger partial charge in [0.25, 0.3) is 0 Å². The van der Waals surface area contributed by atoms with Crippen LogP contribution in [0, 0.1) is 29.1 Å². The lowest BCUT2D eigenvalue weighted by molar-refractivity contribution is -0.108. The first-order valence-corrected chi connectivity index (χ1v) is 24.9. The second kappa shape index (κ2) is 15.4. The number of aldehydes is 1. The van der Waals surface area contributed by atoms with Crippen molar-refractivity contribution in [1.29, 1.82) is 0 Å². The van der Waals surface area contributed by atoms with Gasteiger partial charge in [-0.05, 0) is 122 Å². The molecule has 3 fully saturated rings. The van der Waals surface area contributed by atoms with Gasteiger partial charge < -0.3 is 13.6 Å². The van der Waals surface area contributed by atoms with Gasteiger partial charge in [0.15, 0.2) is 16.6 Å². The summed E-state index contributed by atoms with van der Waals surface area (Å²) in [7, 11) is -3.97. The number of hydrogen-bond acceptors (Lipinski definition) is 3. The first-order valence-electron chi connectivity index (χ1n) is 19.0. The summed E-state index contributed by atoms with van der Waals surface area (Å²) in [6.45, 7) is 35.6. The molecule has 0 heterocycles. The van der Waals surface area contributed by atoms with E-state index in [2.05, 4.69) is 107 Å². The zero-order chi connectivity index (χ0) is 34.7. The fourth-order valence-corrected chi connectivity index (χ4v) is 11.2. The van der Waals surface area contributed by atoms with Gasteiger partial charge in [0.1, 0.15) is 6.29 Å². The van der Waals surface area contributed by atoms with Gasteiger partial charge in [-0.1, -0.05) is 111 Å². The molecule has 46 heavy (non-hydrogen) atoms. The molecule has 0 bridgehead atoms. The van der Waals surface area contributed by atoms with E-state index in [1.807, 2.05) is 0 Å². The molecule has 0 aromatic carbocycles. The predicted octanol–water partition coefficient (Wildman–Crippen LogP) is 12.6. The molecular weight excluding hydrogens is 597 g/mol. The summed E-state index contributed by atoms with van der Waals surface area (Å²) < 4.78 is 14.2. The summed E-state index contributed by atoms with van der Waals surface area (Å²) in [5.74, 6) is 2.80. The van der Waals surface area contributed by atoms with E-state index in [1.165, 1.54) is 56.9 Å². The van der Waals surface area contributed by atoms with Gasteiger partial charge in [-0.25, -0.2) is 0 Å². The van der Waals surface area contributed by atoms with E-state index in [-0.39, 0.29) is 22.3 Å². The highest BCUT2D eigenvalue weighted by Crippen LogP contribution is 2.60. The van der Waals surface area contributed by atoms with E-state index >= 15 is 0 Å². The van der Waals surface area contributed by atoms with Crippen LogP contribution in [-0.2, 0) is 13.6 Å². The van der Waals surface area contributed by atoms with E-state index < -0.39 is 16.6 Å². The van der Waals surface area contributed by atoms with Crippen molar-refractivity contribution in [1.82, 2.24) is 0 Å². The summed E-state index contributed by atoms with van der Waals surface area (Å²) in [5.41, 5.74) is 4.68. The van der Waals surface area contributed by atoms with Crippen LogP contribution < -0.4 is 0 Å². The lowest BCUT2D eigenvalue weighted by Crippen LogP contribution is -2.49. The minimum Gasteiger partial charge on any atom is -0.410 e. The Hall–Kier alpha value is -0.756. The average Bonchev–Trinajstić information content (AvgIpc) is 3.30. The highest BCUT2D eigenvalue weighted by Gasteiger charge is 2.52. The molecule has 7 atom stereocenters. The second-order valence-electron chi connectivity index (χ2n) is 18.9. The smallest absolute Gasteiger partial charge is 0.192 e. The monoisotopic (exact) mass is 671 g/mol. The lowest BCUT2D eigenvalue weighted by Gasteiger charge is -2.46. The molecule has 0 radical (unpaired) electrons. The van der Waals surface area contributed by atoms with Crippen LogP contribution in [0.3, 0.4) is 0 Å². The van der Waals surface area contributed by atoms with Crippen LogP contribution >= 0.6 is 0 Å². The molecule has 3 saturated carbocycles. The largest absolute Gasteiger partial charge is 0.410 e. The van der Waals surface area contributed by atoms with Crippen LogP contribution in [0.2, 0.25) is 36.3 Å². The lowest BCUT2D eigenvalue weighted by atomic mass is 9.59. The standard InChI is InChI=1S/C41H74O3Si2/c1-15-16-19-33(21-18-27-42)30(2)35-24-25-36-34(20-17-26-41(35,36)10)23-22-32-28-37(43-45(11,12)39(4,5)6)31(3)38(29-32)44-46(13,14)40(7,8)9/h22-23,27,30,33,35-38H,3,15-21,24-26,28-29H2,1-2,4-14H3/b34-23+/t30-,33+,35-,36+,37-,38-,41-/m1/s1. The fourth-order valence-electron chi connectivity index (χ4n) is 8.58. The van der Waals surface area contributed by atoms with Crippen molar-refractivity contribution in [3.05, 3.63) is 35.5 Å². The topological polar surface area (TPSA) is 35.5 Å². The van der Waals surface area contributed by atoms with E-state index in [0.717, 1.165) is 43.5 Å². The summed E-state index contributed by atoms with van der Waals surface area (Å²) in [6, 6.07) is 0. The number of fused-ring (bicyclic) bond motifs is 1. The Morgan fingerprint density at radius 1 is 0.935 bits per heavy atom. The average molecular weight is 671 g/mol. The van der Waals surface area contributed by atoms with E-state index in [1.54, 1.807) is 5.57 Å². The van der Waals surface area contributed by atoms with Crippen LogP contribution in [0.15, 0.2) is 35.5 Å². The minimum absolute atomic E-state index is 0.0220. The molecule has 0 unspecified atom stereocenters. The third-order valence-electron chi connectivity index (χ3n) is 13.7. The fraction of sp³-hybridized carbons (Fsp3) is 0.829. The van der Waals surface area contributed by atoms with Crippen LogP contribution in [0.25, 0.3) is 0 Å². The molecule has 5 heteroatoms. The van der Waals surface area contributed by atoms with Gasteiger partial charge in [-0.15, -0.1) is 0 Å². The summed E-state index contributed by atoms with van der Waals surface area (Å²) in [5, 5.41) is 0.301. The van der Waals surface area contributed by atoms with Gasteiger partial charge in [0.05, 0.1) is 12.2 Å². The number of carbonyl (C=O) groups excluding carboxylic acids is 1. The van der Waals surface area contributed by atoms with Crippen LogP contribution in [0.1, 0.15) is 139 Å². The molecule has 3 rings (SSSR count). The van der Waals surface area contributed by atoms with Crippen molar-refractivity contribution in [3.63, 3.8) is 0 Å². The molecule has 0 amide bonds. The number of hydrogen-bond donors (Lipinski definition) is 0. The maximum absolute atomic E-state index is 11.3. The maximum Gasteiger partial charge on any atom is 0.192 e. The third-order valence-corrected chi connectivity index (χ3v) is 22.7. The second-order valence-corrected chi connectivity index (χ2v) is 28.4. The Kier molecular flexibility index (Phi) is 13.3. The number of allylic oxidation sites excluding steroid dienone is 3. The molecule has 0 aromatic rings. The van der Waals surface area contributed by atoms with Crippen molar-refractivity contribution >= 4 is 22.9 Å². The minimum atomic E-state index is -1.98. The normalized spacial score (nSPS) is 30.3. The van der Waals surface area contributed by atoms with Crippen LogP contribution in [0.4, 0.5) is 0 Å². The molecule has 0 aliphatic heterocycles. The quantitative estimate of drug-likeness (QED) is 0.111. The van der Waals surface area contributed by atoms with E-state index in [4.69, 9.17) is 8.85 Å². The number of unbranched alkanes of at least 4 members (excludes halogenated alkanes) is 1. The molecule has 3 aliphatic carbocycles. The van der Waals surface area contributed by atoms with Gasteiger partial charge in [-0.2, -0.15) is 0 Å². The first kappa shape index (κ1) is 39.7. The zero-order valence-corrected chi connectivity index (χ0v) is 34.6. The Bertz CT molecular complexity index is 1060. The zero-order valence-electron chi connectivity index (χ0n) is 32.6. The molecule has 0 saturated heterocycles. The summed E-state index contributed by atoms with van der Waals surface area (Å²) in [6.07, 6.45) is 20.2. The van der Waals surface area contributed by atoms with E-state index in [0.29, 0.717) is 23.2 Å². The Labute approximate surface area is 288 Å².